The lowest BCUT2D eigenvalue weighted by atomic mass is 9.97. The highest BCUT2D eigenvalue weighted by Crippen LogP contribution is 2.25. The lowest BCUT2D eigenvalue weighted by molar-refractivity contribution is 0.0945. The summed E-state index contributed by atoms with van der Waals surface area (Å²) < 4.78 is 5.49. The fraction of sp³-hybridized carbons (Fsp3) is 0.318. The van der Waals surface area contributed by atoms with Crippen LogP contribution in [0.2, 0.25) is 5.02 Å². The Hall–Kier alpha value is -1.96. The van der Waals surface area contributed by atoms with Gasteiger partial charge in [0.1, 0.15) is 5.82 Å². The molecule has 1 aliphatic rings. The molecular formula is C22H22BrClN4OS. The minimum atomic E-state index is -0.0131. The van der Waals surface area contributed by atoms with Gasteiger partial charge < -0.3 is 10.2 Å². The Labute approximate surface area is 193 Å². The van der Waals surface area contributed by atoms with E-state index < -0.39 is 0 Å². The summed E-state index contributed by atoms with van der Waals surface area (Å²) in [5.41, 5.74) is 1.85. The van der Waals surface area contributed by atoms with E-state index in [0.717, 1.165) is 51.9 Å². The minimum absolute atomic E-state index is 0.0131. The predicted molar refractivity (Wildman–Crippen MR) is 126 cm³/mol. The molecule has 1 saturated heterocycles. The van der Waals surface area contributed by atoms with Crippen LogP contribution in [0.5, 0.6) is 0 Å². The maximum absolute atomic E-state index is 12.3. The molecule has 0 unspecified atom stereocenters. The molecular weight excluding hydrogens is 484 g/mol. The van der Waals surface area contributed by atoms with Crippen LogP contribution in [0.4, 0.5) is 5.13 Å². The lowest BCUT2D eigenvalue weighted by Crippen LogP contribution is -2.38. The molecule has 1 N–H and O–H groups in total. The number of hydrogen-bond donors (Lipinski definition) is 1. The molecule has 30 heavy (non-hydrogen) atoms. The van der Waals surface area contributed by atoms with Crippen LogP contribution >= 0.6 is 39.1 Å². The van der Waals surface area contributed by atoms with Gasteiger partial charge in [-0.15, -0.1) is 0 Å². The van der Waals surface area contributed by atoms with Crippen LogP contribution < -0.4 is 10.2 Å². The second kappa shape index (κ2) is 9.90. The summed E-state index contributed by atoms with van der Waals surface area (Å²) >= 11 is 10.8. The second-order valence-corrected chi connectivity index (χ2v) is 9.53. The van der Waals surface area contributed by atoms with Crippen molar-refractivity contribution in [1.82, 2.24) is 14.7 Å². The number of anilines is 1. The first-order valence-corrected chi connectivity index (χ1v) is 11.9. The number of halogens is 2. The zero-order chi connectivity index (χ0) is 20.9. The van der Waals surface area contributed by atoms with Crippen molar-refractivity contribution in [2.45, 2.75) is 19.3 Å². The van der Waals surface area contributed by atoms with Crippen molar-refractivity contribution in [3.05, 3.63) is 75.0 Å². The van der Waals surface area contributed by atoms with Crippen molar-refractivity contribution in [1.29, 1.82) is 0 Å². The van der Waals surface area contributed by atoms with Crippen LogP contribution in [0, 0.1) is 5.92 Å². The molecule has 4 rings (SSSR count). The number of piperidine rings is 1. The molecule has 1 aromatic heterocycles. The number of nitrogens with one attached hydrogen (secondary N) is 1. The van der Waals surface area contributed by atoms with Gasteiger partial charge in [-0.3, -0.25) is 4.79 Å². The average molecular weight is 506 g/mol. The molecule has 0 spiro atoms. The molecule has 0 saturated carbocycles. The van der Waals surface area contributed by atoms with E-state index >= 15 is 0 Å². The van der Waals surface area contributed by atoms with Crippen molar-refractivity contribution in [2.24, 2.45) is 5.92 Å². The van der Waals surface area contributed by atoms with Gasteiger partial charge in [-0.25, -0.2) is 4.98 Å². The van der Waals surface area contributed by atoms with E-state index in [2.05, 4.69) is 30.5 Å². The maximum Gasteiger partial charge on any atom is 0.251 e. The van der Waals surface area contributed by atoms with E-state index in [1.807, 2.05) is 48.5 Å². The van der Waals surface area contributed by atoms with Gasteiger partial charge in [-0.1, -0.05) is 39.7 Å². The standard InChI is InChI=1S/C22H22BrClN4OS/c23-18-5-3-17(4-6-18)21(29)25-14-16-9-11-28(12-10-16)22-26-20(27-30-22)13-15-1-7-19(24)8-2-15/h1-8,16H,9-14H2,(H,25,29). The van der Waals surface area contributed by atoms with Gasteiger partial charge in [-0.2, -0.15) is 4.37 Å². The molecule has 1 fully saturated rings. The highest BCUT2D eigenvalue weighted by atomic mass is 79.9. The molecule has 2 heterocycles. The normalized spacial score (nSPS) is 14.7. The number of hydrogen-bond acceptors (Lipinski definition) is 5. The zero-order valence-electron chi connectivity index (χ0n) is 16.4. The van der Waals surface area contributed by atoms with E-state index in [1.165, 1.54) is 11.5 Å². The quantitative estimate of drug-likeness (QED) is 0.501. The van der Waals surface area contributed by atoms with Gasteiger partial charge in [0.25, 0.3) is 5.91 Å². The average Bonchev–Trinajstić information content (AvgIpc) is 3.23. The third-order valence-corrected chi connectivity index (χ3v) is 6.87. The first kappa shape index (κ1) is 21.3. The zero-order valence-corrected chi connectivity index (χ0v) is 19.5. The van der Waals surface area contributed by atoms with Crippen molar-refractivity contribution in [2.75, 3.05) is 24.5 Å². The van der Waals surface area contributed by atoms with E-state index in [1.54, 1.807) is 0 Å². The first-order valence-electron chi connectivity index (χ1n) is 9.92. The molecule has 1 amide bonds. The molecule has 0 radical (unpaired) electrons. The molecule has 5 nitrogen and oxygen atoms in total. The largest absolute Gasteiger partial charge is 0.352 e. The Morgan fingerprint density at radius 1 is 1.13 bits per heavy atom. The number of nitrogens with zero attached hydrogens (tertiary/aromatic N) is 3. The summed E-state index contributed by atoms with van der Waals surface area (Å²) in [6.07, 6.45) is 2.78. The molecule has 2 aromatic carbocycles. The maximum atomic E-state index is 12.3. The summed E-state index contributed by atoms with van der Waals surface area (Å²) in [6, 6.07) is 15.2. The minimum Gasteiger partial charge on any atom is -0.352 e. The van der Waals surface area contributed by atoms with Crippen LogP contribution in [0.1, 0.15) is 34.6 Å². The van der Waals surface area contributed by atoms with Crippen molar-refractivity contribution >= 4 is 50.1 Å². The van der Waals surface area contributed by atoms with E-state index in [9.17, 15) is 4.79 Å². The summed E-state index contributed by atoms with van der Waals surface area (Å²) in [6.45, 7) is 2.59. The van der Waals surface area contributed by atoms with Gasteiger partial charge in [0.15, 0.2) is 0 Å². The number of aromatic nitrogens is 2. The SMILES string of the molecule is O=C(NCC1CCN(c2nc(Cc3ccc(Cl)cc3)ns2)CC1)c1ccc(Br)cc1. The highest BCUT2D eigenvalue weighted by Gasteiger charge is 2.22. The van der Waals surface area contributed by atoms with Crippen LogP contribution in [0.15, 0.2) is 53.0 Å². The van der Waals surface area contributed by atoms with E-state index in [4.69, 9.17) is 16.6 Å². The van der Waals surface area contributed by atoms with Gasteiger partial charge in [0.2, 0.25) is 5.13 Å². The summed E-state index contributed by atoms with van der Waals surface area (Å²) in [5, 5.41) is 4.79. The third kappa shape index (κ3) is 5.59. The van der Waals surface area contributed by atoms with Crippen LogP contribution in [-0.2, 0) is 6.42 Å². The number of rotatable bonds is 6. The second-order valence-electron chi connectivity index (χ2n) is 7.44. The van der Waals surface area contributed by atoms with E-state index in [-0.39, 0.29) is 5.91 Å². The third-order valence-electron chi connectivity index (χ3n) is 5.28. The number of benzene rings is 2. The molecule has 3 aromatic rings. The van der Waals surface area contributed by atoms with Crippen LogP contribution in [0.3, 0.4) is 0 Å². The molecule has 156 valence electrons. The number of amides is 1. The Bertz CT molecular complexity index is 985. The fourth-order valence-corrected chi connectivity index (χ4v) is 4.63. The van der Waals surface area contributed by atoms with Gasteiger partial charge in [0.05, 0.1) is 0 Å². The van der Waals surface area contributed by atoms with Crippen LogP contribution in [0.25, 0.3) is 0 Å². The lowest BCUT2D eigenvalue weighted by Gasteiger charge is -2.31. The molecule has 0 bridgehead atoms. The number of carbonyl (C=O) groups excluding carboxylic acids is 1. The molecule has 8 heteroatoms. The highest BCUT2D eigenvalue weighted by molar-refractivity contribution is 9.10. The van der Waals surface area contributed by atoms with Crippen molar-refractivity contribution in [3.8, 4) is 0 Å². The summed E-state index contributed by atoms with van der Waals surface area (Å²) in [7, 11) is 0. The Morgan fingerprint density at radius 3 is 2.53 bits per heavy atom. The Balaban J connectivity index is 1.24. The Morgan fingerprint density at radius 2 is 1.83 bits per heavy atom. The smallest absolute Gasteiger partial charge is 0.251 e. The topological polar surface area (TPSA) is 58.1 Å². The van der Waals surface area contributed by atoms with Gasteiger partial charge in [0, 0.05) is 52.6 Å². The predicted octanol–water partition coefficient (Wildman–Crippen LogP) is 5.19. The van der Waals surface area contributed by atoms with Crippen LogP contribution in [-0.4, -0.2) is 34.9 Å². The summed E-state index contributed by atoms with van der Waals surface area (Å²) in [4.78, 5) is 19.3. The van der Waals surface area contributed by atoms with Crippen molar-refractivity contribution < 1.29 is 4.79 Å². The summed E-state index contributed by atoms with van der Waals surface area (Å²) in [5.74, 6) is 1.32. The first-order chi connectivity index (χ1) is 14.6. The fourth-order valence-electron chi connectivity index (χ4n) is 3.50. The molecule has 1 aliphatic heterocycles. The number of carbonyl (C=O) groups is 1. The van der Waals surface area contributed by atoms with Crippen molar-refractivity contribution in [3.63, 3.8) is 0 Å². The molecule has 0 aliphatic carbocycles. The Kier molecular flexibility index (Phi) is 7.02. The van der Waals surface area contributed by atoms with E-state index in [0.29, 0.717) is 24.4 Å². The van der Waals surface area contributed by atoms with Gasteiger partial charge >= 0.3 is 0 Å². The monoisotopic (exact) mass is 504 g/mol. The molecule has 0 atom stereocenters. The van der Waals surface area contributed by atoms with Gasteiger partial charge in [-0.05, 0) is 60.7 Å².